The fraction of sp³-hybridized carbons (Fsp3) is 0.0476. The molecule has 0 saturated carbocycles. The van der Waals surface area contributed by atoms with Gasteiger partial charge in [0.15, 0.2) is 0 Å². The van der Waals surface area contributed by atoms with Gasteiger partial charge in [-0.2, -0.15) is 0 Å². The molecule has 0 spiro atoms. The Morgan fingerprint density at radius 2 is 0.571 bits per heavy atom. The van der Waals surface area contributed by atoms with Gasteiger partial charge in [-0.25, -0.2) is 0 Å². The first-order chi connectivity index (χ1) is 31.0. The molecule has 0 amide bonds. The van der Waals surface area contributed by atoms with Crippen molar-refractivity contribution in [3.63, 3.8) is 0 Å². The van der Waals surface area contributed by atoms with Crippen molar-refractivity contribution in [2.45, 2.75) is 19.3 Å². The second-order valence-electron chi connectivity index (χ2n) is 18.4. The molecule has 63 heavy (non-hydrogen) atoms. The normalized spacial score (nSPS) is 13.4. The third kappa shape index (κ3) is 4.87. The SMILES string of the molecule is CC1(C)c2cc(-c3ccc4ccc5c(-c6ccccc6)ccc6ccc3c4c65)ccc2-c2ccc(-c3ccc4ccc5c(-c6ccc7ccccc7c6)ccc6ccc3c4c65)cc21. The van der Waals surface area contributed by atoms with Gasteiger partial charge in [0.2, 0.25) is 0 Å². The van der Waals surface area contributed by atoms with Crippen LogP contribution in [0.3, 0.4) is 0 Å². The van der Waals surface area contributed by atoms with Crippen LogP contribution < -0.4 is 0 Å². The van der Waals surface area contributed by atoms with E-state index < -0.39 is 0 Å². The lowest BCUT2D eigenvalue weighted by atomic mass is 9.80. The highest BCUT2D eigenvalue weighted by Gasteiger charge is 2.36. The first kappa shape index (κ1) is 34.9. The quantitative estimate of drug-likeness (QED) is 0.156. The average Bonchev–Trinajstić information content (AvgIpc) is 3.56. The van der Waals surface area contributed by atoms with Crippen molar-refractivity contribution < 1.29 is 0 Å². The summed E-state index contributed by atoms with van der Waals surface area (Å²) < 4.78 is 0. The Labute approximate surface area is 366 Å². The van der Waals surface area contributed by atoms with Gasteiger partial charge in [-0.05, 0) is 160 Å². The molecule has 0 unspecified atom stereocenters. The van der Waals surface area contributed by atoms with Crippen molar-refractivity contribution >= 4 is 75.4 Å². The summed E-state index contributed by atoms with van der Waals surface area (Å²) in [5.41, 5.74) is 15.5. The summed E-state index contributed by atoms with van der Waals surface area (Å²) in [6, 6.07) is 78.0. The second-order valence-corrected chi connectivity index (χ2v) is 18.4. The molecule has 0 N–H and O–H groups in total. The van der Waals surface area contributed by atoms with Crippen LogP contribution in [0.15, 0.2) is 206 Å². The molecule has 0 fully saturated rings. The molecule has 0 atom stereocenters. The van der Waals surface area contributed by atoms with Crippen molar-refractivity contribution in [1.82, 2.24) is 0 Å². The summed E-state index contributed by atoms with van der Waals surface area (Å²) in [7, 11) is 0. The first-order valence-corrected chi connectivity index (χ1v) is 22.2. The maximum absolute atomic E-state index is 2.49. The Morgan fingerprint density at radius 1 is 0.238 bits per heavy atom. The smallest absolute Gasteiger partial charge is 0.0159 e. The van der Waals surface area contributed by atoms with Gasteiger partial charge in [-0.1, -0.05) is 202 Å². The van der Waals surface area contributed by atoms with Gasteiger partial charge in [0.05, 0.1) is 0 Å². The van der Waals surface area contributed by atoms with E-state index in [1.165, 1.54) is 142 Å². The topological polar surface area (TPSA) is 0 Å². The van der Waals surface area contributed by atoms with Gasteiger partial charge in [-0.3, -0.25) is 0 Å². The number of fused-ring (bicyclic) bond motifs is 4. The molecule has 0 radical (unpaired) electrons. The van der Waals surface area contributed by atoms with Crippen molar-refractivity contribution in [3.05, 3.63) is 217 Å². The maximum Gasteiger partial charge on any atom is 0.0159 e. The van der Waals surface area contributed by atoms with Gasteiger partial charge in [-0.15, -0.1) is 0 Å². The maximum atomic E-state index is 2.49. The van der Waals surface area contributed by atoms with E-state index in [9.17, 15) is 0 Å². The summed E-state index contributed by atoms with van der Waals surface area (Å²) in [6.45, 7) is 4.83. The third-order valence-electron chi connectivity index (χ3n) is 14.8. The summed E-state index contributed by atoms with van der Waals surface area (Å²) in [5, 5.41) is 18.3. The van der Waals surface area contributed by atoms with E-state index in [0.717, 1.165) is 0 Å². The highest BCUT2D eigenvalue weighted by molar-refractivity contribution is 6.29. The molecule has 292 valence electrons. The molecular weight excluding hydrogens is 757 g/mol. The molecule has 13 aromatic rings. The van der Waals surface area contributed by atoms with Gasteiger partial charge in [0.1, 0.15) is 0 Å². The lowest BCUT2D eigenvalue weighted by molar-refractivity contribution is 0.661. The summed E-state index contributed by atoms with van der Waals surface area (Å²) in [5.74, 6) is 0. The minimum absolute atomic E-state index is 0.177. The molecule has 1 aliphatic carbocycles. The molecule has 0 aliphatic heterocycles. The van der Waals surface area contributed by atoms with Gasteiger partial charge in [0.25, 0.3) is 0 Å². The second kappa shape index (κ2) is 12.6. The molecule has 0 saturated heterocycles. The van der Waals surface area contributed by atoms with Crippen molar-refractivity contribution in [2.75, 3.05) is 0 Å². The van der Waals surface area contributed by atoms with Crippen molar-refractivity contribution in [3.8, 4) is 55.6 Å². The summed E-state index contributed by atoms with van der Waals surface area (Å²) in [4.78, 5) is 0. The minimum Gasteiger partial charge on any atom is -0.0622 e. The lowest BCUT2D eigenvalue weighted by Gasteiger charge is -2.23. The third-order valence-corrected chi connectivity index (χ3v) is 14.8. The van der Waals surface area contributed by atoms with E-state index >= 15 is 0 Å². The fourth-order valence-electron chi connectivity index (χ4n) is 11.7. The van der Waals surface area contributed by atoms with Crippen molar-refractivity contribution in [1.29, 1.82) is 0 Å². The van der Waals surface area contributed by atoms with Crippen molar-refractivity contribution in [2.24, 2.45) is 0 Å². The van der Waals surface area contributed by atoms with Crippen LogP contribution in [-0.4, -0.2) is 0 Å². The Bertz CT molecular complexity index is 4030. The zero-order valence-electron chi connectivity index (χ0n) is 35.1. The van der Waals surface area contributed by atoms with E-state index in [1.807, 2.05) is 0 Å². The Balaban J connectivity index is 0.882. The van der Waals surface area contributed by atoms with E-state index in [-0.39, 0.29) is 5.41 Å². The van der Waals surface area contributed by atoms with Crippen LogP contribution in [0, 0.1) is 0 Å². The van der Waals surface area contributed by atoms with E-state index in [1.54, 1.807) is 0 Å². The molecule has 14 rings (SSSR count). The van der Waals surface area contributed by atoms with Crippen LogP contribution in [-0.2, 0) is 5.41 Å². The predicted octanol–water partition coefficient (Wildman–Crippen LogP) is 17.6. The van der Waals surface area contributed by atoms with E-state index in [0.29, 0.717) is 0 Å². The van der Waals surface area contributed by atoms with Gasteiger partial charge >= 0.3 is 0 Å². The number of hydrogen-bond donors (Lipinski definition) is 0. The molecule has 1 aliphatic rings. The van der Waals surface area contributed by atoms with E-state index in [4.69, 9.17) is 0 Å². The van der Waals surface area contributed by atoms with Crippen LogP contribution >= 0.6 is 0 Å². The number of benzene rings is 13. The molecular formula is C63H40. The Kier molecular flexibility index (Phi) is 6.99. The molecule has 0 aromatic heterocycles. The molecule has 0 bridgehead atoms. The molecule has 0 heteroatoms. The van der Waals surface area contributed by atoms with Crippen LogP contribution in [0.2, 0.25) is 0 Å². The average molecular weight is 797 g/mol. The lowest BCUT2D eigenvalue weighted by Crippen LogP contribution is -2.15. The molecule has 0 heterocycles. The summed E-state index contributed by atoms with van der Waals surface area (Å²) >= 11 is 0. The largest absolute Gasteiger partial charge is 0.0622 e. The van der Waals surface area contributed by atoms with Crippen LogP contribution in [0.25, 0.3) is 131 Å². The molecule has 0 nitrogen and oxygen atoms in total. The first-order valence-electron chi connectivity index (χ1n) is 22.2. The Morgan fingerprint density at radius 3 is 1.03 bits per heavy atom. The van der Waals surface area contributed by atoms with Gasteiger partial charge < -0.3 is 0 Å². The highest BCUT2D eigenvalue weighted by Crippen LogP contribution is 2.52. The zero-order chi connectivity index (χ0) is 41.6. The fourth-order valence-corrected chi connectivity index (χ4v) is 11.7. The highest BCUT2D eigenvalue weighted by atomic mass is 14.4. The van der Waals surface area contributed by atoms with E-state index in [2.05, 4.69) is 220 Å². The number of rotatable bonds is 4. The Hall–Kier alpha value is -7.80. The monoisotopic (exact) mass is 796 g/mol. The zero-order valence-corrected chi connectivity index (χ0v) is 35.1. The molecule has 13 aromatic carbocycles. The predicted molar refractivity (Wildman–Crippen MR) is 271 cm³/mol. The van der Waals surface area contributed by atoms with Crippen LogP contribution in [0.4, 0.5) is 0 Å². The minimum atomic E-state index is -0.177. The number of hydrogen-bond acceptors (Lipinski definition) is 0. The van der Waals surface area contributed by atoms with Crippen LogP contribution in [0.5, 0.6) is 0 Å². The van der Waals surface area contributed by atoms with Crippen LogP contribution in [0.1, 0.15) is 25.0 Å². The van der Waals surface area contributed by atoms with Gasteiger partial charge in [0, 0.05) is 5.41 Å². The standard InChI is InChI=1S/C63H40/c1-63(2)57-35-45(49-26-16-41-18-30-53-47(38-9-4-3-5-10-38)24-14-39-20-32-55(49)61(41)59(39)53)22-28-51(57)52-29-23-46(36-58(52)63)50-27-17-42-19-31-54-48(25-15-40-21-33-56(50)62(42)60(40)54)44-13-12-37-8-6-7-11-43(37)34-44/h3-36H,1-2H3. The summed E-state index contributed by atoms with van der Waals surface area (Å²) in [6.07, 6.45) is 0.